The minimum Gasteiger partial charge on any atom is -0.481 e. The Hall–Kier alpha value is -2.38. The van der Waals surface area contributed by atoms with Crippen LogP contribution in [0.15, 0.2) is 0 Å². The van der Waals surface area contributed by atoms with Crippen LogP contribution >= 0.6 is 12.6 Å². The highest BCUT2D eigenvalue weighted by Crippen LogP contribution is 1.97. The van der Waals surface area contributed by atoms with Gasteiger partial charge < -0.3 is 37.0 Å². The molecule has 0 rings (SSSR count). The van der Waals surface area contributed by atoms with Gasteiger partial charge in [-0.3, -0.25) is 24.0 Å². The van der Waals surface area contributed by atoms with Gasteiger partial charge in [-0.25, -0.2) is 0 Å². The highest BCUT2D eigenvalue weighted by molar-refractivity contribution is 7.80. The second-order valence-electron chi connectivity index (χ2n) is 5.26. The topological polar surface area (TPSA) is 208 Å². The van der Waals surface area contributed by atoms with Crippen molar-refractivity contribution in [3.05, 3.63) is 0 Å². The van der Waals surface area contributed by atoms with E-state index in [4.69, 9.17) is 15.9 Å². The normalized spacial score (nSPS) is 15.1. The summed E-state index contributed by atoms with van der Waals surface area (Å²) < 4.78 is 0. The lowest BCUT2D eigenvalue weighted by atomic mass is 10.1. The molecule has 0 aromatic rings. The molecule has 0 saturated heterocycles. The van der Waals surface area contributed by atoms with Crippen molar-refractivity contribution in [2.45, 2.75) is 37.5 Å². The average molecular weight is 394 g/mol. The molecule has 0 aliphatic rings. The first-order valence-corrected chi connectivity index (χ1v) is 7.99. The number of carbonyl (C=O) groups excluding carboxylic acids is 3. The summed E-state index contributed by atoms with van der Waals surface area (Å²) in [5.74, 6) is -5.69. The van der Waals surface area contributed by atoms with Crippen LogP contribution in [-0.4, -0.2) is 81.5 Å². The number of carbonyl (C=O) groups is 5. The van der Waals surface area contributed by atoms with E-state index in [2.05, 4.69) is 17.9 Å². The molecule has 12 nitrogen and oxygen atoms in total. The average Bonchev–Trinajstić information content (AvgIpc) is 2.56. The Morgan fingerprint density at radius 2 is 1.46 bits per heavy atom. The maximum atomic E-state index is 12.2. The van der Waals surface area contributed by atoms with E-state index in [1.165, 1.54) is 6.92 Å². The van der Waals surface area contributed by atoms with Crippen LogP contribution in [-0.2, 0) is 24.0 Å². The van der Waals surface area contributed by atoms with Crippen LogP contribution < -0.4 is 21.7 Å². The highest BCUT2D eigenvalue weighted by atomic mass is 32.1. The molecule has 13 heteroatoms. The summed E-state index contributed by atoms with van der Waals surface area (Å²) in [4.78, 5) is 57.3. The van der Waals surface area contributed by atoms with Crippen molar-refractivity contribution >= 4 is 42.3 Å². The second kappa shape index (κ2) is 11.3. The largest absolute Gasteiger partial charge is 0.481 e. The van der Waals surface area contributed by atoms with Crippen molar-refractivity contribution in [2.24, 2.45) is 5.73 Å². The van der Waals surface area contributed by atoms with Crippen molar-refractivity contribution in [2.75, 3.05) is 12.4 Å². The standard InChI is InChI=1S/C13H22N4O8S/c1-5(13(24)25)15-12(23)8(3-18)17-11(22)7(2-9(19)20)16-10(21)6(14)4-26/h5-8,18,26H,2-4,14H2,1H3,(H,15,23)(H,16,21)(H,17,22)(H,19,20)(H,24,25). The molecule has 0 bridgehead atoms. The maximum absolute atomic E-state index is 12.2. The summed E-state index contributed by atoms with van der Waals surface area (Å²) in [6.45, 7) is 0.288. The number of carboxylic acids is 2. The first-order chi connectivity index (χ1) is 12.0. The predicted octanol–water partition coefficient (Wildman–Crippen LogP) is -3.73. The Morgan fingerprint density at radius 1 is 0.962 bits per heavy atom. The summed E-state index contributed by atoms with van der Waals surface area (Å²) in [5, 5.41) is 33.0. The van der Waals surface area contributed by atoms with E-state index in [1.54, 1.807) is 0 Å². The molecule has 4 unspecified atom stereocenters. The molecule has 0 aromatic carbocycles. The van der Waals surface area contributed by atoms with Crippen LogP contribution in [0.25, 0.3) is 0 Å². The molecule has 8 N–H and O–H groups in total. The number of nitrogens with two attached hydrogens (primary N) is 1. The molecule has 0 saturated carbocycles. The van der Waals surface area contributed by atoms with Gasteiger partial charge >= 0.3 is 11.9 Å². The summed E-state index contributed by atoms with van der Waals surface area (Å²) >= 11 is 3.81. The molecule has 3 amide bonds. The molecular formula is C13H22N4O8S. The summed E-state index contributed by atoms with van der Waals surface area (Å²) in [6.07, 6.45) is -0.803. The summed E-state index contributed by atoms with van der Waals surface area (Å²) in [5.41, 5.74) is 5.43. The molecule has 0 aliphatic heterocycles. The molecule has 4 atom stereocenters. The lowest BCUT2D eigenvalue weighted by Crippen LogP contribution is -2.58. The molecule has 0 aromatic heterocycles. The van der Waals surface area contributed by atoms with Gasteiger partial charge in [-0.1, -0.05) is 0 Å². The zero-order valence-corrected chi connectivity index (χ0v) is 14.7. The SMILES string of the molecule is CC(NC(=O)C(CO)NC(=O)C(CC(=O)O)NC(=O)C(N)CS)C(=O)O. The maximum Gasteiger partial charge on any atom is 0.325 e. The van der Waals surface area contributed by atoms with Gasteiger partial charge in [-0.2, -0.15) is 12.6 Å². The highest BCUT2D eigenvalue weighted by Gasteiger charge is 2.30. The first-order valence-electron chi connectivity index (χ1n) is 7.36. The van der Waals surface area contributed by atoms with Crippen molar-refractivity contribution in [3.8, 4) is 0 Å². The summed E-state index contributed by atoms with van der Waals surface area (Å²) in [7, 11) is 0. The lowest BCUT2D eigenvalue weighted by Gasteiger charge is -2.22. The Balaban J connectivity index is 5.07. The number of aliphatic hydroxyl groups excluding tert-OH is 1. The number of carboxylic acid groups (broad SMARTS) is 2. The third-order valence-corrected chi connectivity index (χ3v) is 3.48. The van der Waals surface area contributed by atoms with Crippen molar-refractivity contribution < 1.29 is 39.3 Å². The molecule has 0 radical (unpaired) electrons. The van der Waals surface area contributed by atoms with Gasteiger partial charge in [-0.05, 0) is 6.92 Å². The number of amides is 3. The van der Waals surface area contributed by atoms with Gasteiger partial charge in [0.1, 0.15) is 18.1 Å². The fourth-order valence-electron chi connectivity index (χ4n) is 1.59. The van der Waals surface area contributed by atoms with E-state index in [-0.39, 0.29) is 5.75 Å². The van der Waals surface area contributed by atoms with Crippen LogP contribution in [0.4, 0.5) is 0 Å². The Labute approximate surface area is 153 Å². The fourth-order valence-corrected chi connectivity index (χ4v) is 1.75. The van der Waals surface area contributed by atoms with E-state index < -0.39 is 66.9 Å². The van der Waals surface area contributed by atoms with Crippen molar-refractivity contribution in [3.63, 3.8) is 0 Å². The van der Waals surface area contributed by atoms with E-state index in [1.807, 2.05) is 10.6 Å². The molecule has 0 spiro atoms. The molecular weight excluding hydrogens is 372 g/mol. The number of nitrogens with one attached hydrogen (secondary N) is 3. The molecule has 148 valence electrons. The zero-order valence-electron chi connectivity index (χ0n) is 13.8. The number of thiol groups is 1. The van der Waals surface area contributed by atoms with E-state index >= 15 is 0 Å². The monoisotopic (exact) mass is 394 g/mol. The van der Waals surface area contributed by atoms with Gasteiger partial charge in [0.2, 0.25) is 17.7 Å². The van der Waals surface area contributed by atoms with E-state index in [9.17, 15) is 29.1 Å². The van der Waals surface area contributed by atoms with Crippen LogP contribution in [0.2, 0.25) is 0 Å². The van der Waals surface area contributed by atoms with E-state index in [0.717, 1.165) is 0 Å². The van der Waals surface area contributed by atoms with Gasteiger partial charge in [0, 0.05) is 5.75 Å². The smallest absolute Gasteiger partial charge is 0.325 e. The number of rotatable bonds is 11. The van der Waals surface area contributed by atoms with Crippen LogP contribution in [0.5, 0.6) is 0 Å². The third-order valence-electron chi connectivity index (χ3n) is 3.09. The van der Waals surface area contributed by atoms with Crippen LogP contribution in [0.1, 0.15) is 13.3 Å². The second-order valence-corrected chi connectivity index (χ2v) is 5.63. The van der Waals surface area contributed by atoms with Gasteiger partial charge in [-0.15, -0.1) is 0 Å². The summed E-state index contributed by atoms with van der Waals surface area (Å²) in [6, 6.07) is -5.48. The Kier molecular flexibility index (Phi) is 10.2. The van der Waals surface area contributed by atoms with E-state index in [0.29, 0.717) is 0 Å². The Morgan fingerprint density at radius 3 is 1.88 bits per heavy atom. The van der Waals surface area contributed by atoms with Gasteiger partial charge in [0.05, 0.1) is 19.1 Å². The van der Waals surface area contributed by atoms with Crippen LogP contribution in [0, 0.1) is 0 Å². The predicted molar refractivity (Wildman–Crippen MR) is 90.3 cm³/mol. The zero-order chi connectivity index (χ0) is 20.4. The minimum absolute atomic E-state index is 0.0536. The minimum atomic E-state index is -1.57. The van der Waals surface area contributed by atoms with Crippen molar-refractivity contribution in [1.82, 2.24) is 16.0 Å². The van der Waals surface area contributed by atoms with Crippen LogP contribution in [0.3, 0.4) is 0 Å². The third kappa shape index (κ3) is 8.13. The quantitative estimate of drug-likeness (QED) is 0.162. The Bertz CT molecular complexity index is 558. The van der Waals surface area contributed by atoms with Gasteiger partial charge in [0.15, 0.2) is 0 Å². The number of aliphatic hydroxyl groups is 1. The number of hydrogen-bond donors (Lipinski definition) is 8. The fraction of sp³-hybridized carbons (Fsp3) is 0.615. The van der Waals surface area contributed by atoms with Crippen molar-refractivity contribution in [1.29, 1.82) is 0 Å². The first kappa shape index (κ1) is 23.6. The lowest BCUT2D eigenvalue weighted by molar-refractivity contribution is -0.143. The molecule has 26 heavy (non-hydrogen) atoms. The molecule has 0 heterocycles. The molecule has 0 aliphatic carbocycles. The number of aliphatic carboxylic acids is 2. The number of hydrogen-bond acceptors (Lipinski definition) is 8. The van der Waals surface area contributed by atoms with Gasteiger partial charge in [0.25, 0.3) is 0 Å². The molecule has 0 fully saturated rings.